The Morgan fingerprint density at radius 3 is 2.60 bits per heavy atom. The zero-order valence-corrected chi connectivity index (χ0v) is 11.3. The van der Waals surface area contributed by atoms with Gasteiger partial charge in [0.2, 0.25) is 0 Å². The van der Waals surface area contributed by atoms with Gasteiger partial charge in [-0.25, -0.2) is 0 Å². The second-order valence-electron chi connectivity index (χ2n) is 3.45. The molecule has 5 heteroatoms. The smallest absolute Gasteiger partial charge is 0.131 e. The number of hydrogen-bond donors (Lipinski definition) is 3. The third-order valence-corrected chi connectivity index (χ3v) is 4.04. The number of thiol groups is 1. The van der Waals surface area contributed by atoms with Crippen LogP contribution in [0.3, 0.4) is 0 Å². The topological polar surface area (TPSA) is 49.7 Å². The molecule has 0 saturated heterocycles. The van der Waals surface area contributed by atoms with Crippen molar-refractivity contribution in [2.45, 2.75) is 43.6 Å². The number of methoxy groups -OCH3 is 1. The largest absolute Gasteiger partial charge is 0.515 e. The molecule has 0 saturated carbocycles. The van der Waals surface area contributed by atoms with Gasteiger partial charge in [0, 0.05) is 12.0 Å². The van der Waals surface area contributed by atoms with Gasteiger partial charge in [-0.15, -0.1) is 0 Å². The highest BCUT2D eigenvalue weighted by Crippen LogP contribution is 2.06. The first kappa shape index (κ1) is 15.2. The second kappa shape index (κ2) is 9.39. The molecule has 0 aliphatic rings. The van der Waals surface area contributed by atoms with Crippen molar-refractivity contribution in [1.82, 2.24) is 0 Å². The van der Waals surface area contributed by atoms with E-state index < -0.39 is 6.10 Å². The average molecular weight is 249 g/mol. The Balaban J connectivity index is 3.97. The van der Waals surface area contributed by atoms with Gasteiger partial charge in [-0.1, -0.05) is 26.2 Å². The molecule has 0 aliphatic carbocycles. The minimum Gasteiger partial charge on any atom is -0.515 e. The van der Waals surface area contributed by atoms with Crippen LogP contribution >= 0.6 is 12.6 Å². The first-order valence-electron chi connectivity index (χ1n) is 5.29. The Bertz CT molecular complexity index is 184. The van der Waals surface area contributed by atoms with Gasteiger partial charge in [0.1, 0.15) is 6.10 Å². The van der Waals surface area contributed by atoms with Crippen LogP contribution in [0.1, 0.15) is 32.6 Å². The van der Waals surface area contributed by atoms with Crippen LogP contribution in [-0.2, 0) is 4.74 Å². The van der Waals surface area contributed by atoms with E-state index >= 15 is 0 Å². The lowest BCUT2D eigenvalue weighted by molar-refractivity contribution is 0.0852. The van der Waals surface area contributed by atoms with E-state index in [0.717, 1.165) is 12.8 Å². The molecular formula is C10H21O3SSi. The van der Waals surface area contributed by atoms with Crippen LogP contribution in [0.15, 0.2) is 0 Å². The summed E-state index contributed by atoms with van der Waals surface area (Å²) in [5.74, 6) is 0. The predicted molar refractivity (Wildman–Crippen MR) is 67.5 cm³/mol. The summed E-state index contributed by atoms with van der Waals surface area (Å²) in [5, 5.41) is 18.7. The number of aliphatic hydroxyl groups is 2. The molecule has 0 amide bonds. The average Bonchev–Trinajstić information content (AvgIpc) is 2.20. The van der Waals surface area contributed by atoms with Crippen molar-refractivity contribution in [3.8, 4) is 0 Å². The third-order valence-electron chi connectivity index (χ3n) is 2.15. The van der Waals surface area contributed by atoms with Crippen LogP contribution in [0.5, 0.6) is 0 Å². The van der Waals surface area contributed by atoms with E-state index in [1.54, 1.807) is 0 Å². The summed E-state index contributed by atoms with van der Waals surface area (Å²) in [4.78, 5) is 0.181. The molecule has 0 heterocycles. The number of ether oxygens (including phenoxy) is 1. The van der Waals surface area contributed by atoms with Gasteiger partial charge in [-0.05, 0) is 6.42 Å². The number of unbranched alkanes of at least 4 members (excludes halogenated alkanes) is 2. The van der Waals surface area contributed by atoms with Gasteiger partial charge >= 0.3 is 0 Å². The van der Waals surface area contributed by atoms with Crippen molar-refractivity contribution in [3.63, 3.8) is 0 Å². The van der Waals surface area contributed by atoms with Crippen molar-refractivity contribution < 1.29 is 14.9 Å². The minimum absolute atomic E-state index is 0.176. The van der Waals surface area contributed by atoms with E-state index in [1.807, 2.05) is 0 Å². The van der Waals surface area contributed by atoms with Gasteiger partial charge < -0.3 is 14.9 Å². The zero-order chi connectivity index (χ0) is 11.7. The molecule has 2 atom stereocenters. The second-order valence-corrected chi connectivity index (χ2v) is 6.06. The zero-order valence-electron chi connectivity index (χ0n) is 9.44. The maximum Gasteiger partial charge on any atom is 0.131 e. The molecule has 0 fully saturated rings. The number of rotatable bonds is 8. The molecule has 2 unspecified atom stereocenters. The summed E-state index contributed by atoms with van der Waals surface area (Å²) in [7, 11) is 1.71. The fraction of sp³-hybridized carbons (Fsp3) is 0.900. The minimum atomic E-state index is -0.552. The summed E-state index contributed by atoms with van der Waals surface area (Å²) in [6.45, 7) is 1.98. The lowest BCUT2D eigenvalue weighted by atomic mass is 10.2. The summed E-state index contributed by atoms with van der Waals surface area (Å²) < 4.78 is 4.92. The SMILES string of the molecule is CCCCCC(S)[Si]=C(O)C(CO)OC. The number of aliphatic hydroxyl groups excluding tert-OH is 2. The molecule has 0 aromatic heterocycles. The van der Waals surface area contributed by atoms with E-state index in [-0.39, 0.29) is 26.0 Å². The van der Waals surface area contributed by atoms with Gasteiger partial charge in [0.15, 0.2) is 0 Å². The normalized spacial score (nSPS) is 16.4. The van der Waals surface area contributed by atoms with Gasteiger partial charge in [0.05, 0.1) is 21.1 Å². The van der Waals surface area contributed by atoms with Crippen LogP contribution in [0, 0.1) is 0 Å². The highest BCUT2D eigenvalue weighted by Gasteiger charge is 2.12. The molecule has 0 aliphatic heterocycles. The Hall–Kier alpha value is 0.157. The molecule has 0 rings (SSSR count). The van der Waals surface area contributed by atoms with Crippen molar-refractivity contribution in [1.29, 1.82) is 0 Å². The Kier molecular flexibility index (Phi) is 9.49. The van der Waals surface area contributed by atoms with E-state index in [4.69, 9.17) is 9.84 Å². The first-order chi connectivity index (χ1) is 7.15. The van der Waals surface area contributed by atoms with Crippen molar-refractivity contribution >= 4 is 27.1 Å². The monoisotopic (exact) mass is 249 g/mol. The molecule has 1 radical (unpaired) electrons. The summed E-state index contributed by atoms with van der Waals surface area (Å²) in [6, 6.07) is 0. The van der Waals surface area contributed by atoms with Crippen LogP contribution in [0.4, 0.5) is 0 Å². The van der Waals surface area contributed by atoms with Crippen LogP contribution in [0.2, 0.25) is 0 Å². The summed E-state index contributed by atoms with van der Waals surface area (Å²) in [6.07, 6.45) is 3.99. The maximum absolute atomic E-state index is 9.63. The Morgan fingerprint density at radius 1 is 1.47 bits per heavy atom. The van der Waals surface area contributed by atoms with E-state index in [0.29, 0.717) is 0 Å². The third kappa shape index (κ3) is 7.11. The van der Waals surface area contributed by atoms with Crippen LogP contribution in [0.25, 0.3) is 0 Å². The van der Waals surface area contributed by atoms with E-state index in [9.17, 15) is 5.11 Å². The molecule has 15 heavy (non-hydrogen) atoms. The molecule has 0 aromatic rings. The lowest BCUT2D eigenvalue weighted by Crippen LogP contribution is -2.31. The lowest BCUT2D eigenvalue weighted by Gasteiger charge is -2.13. The highest BCUT2D eigenvalue weighted by atomic mass is 32.1. The summed E-state index contributed by atoms with van der Waals surface area (Å²) in [5.41, 5.74) is 0. The Labute approximate surface area is 99.7 Å². The predicted octanol–water partition coefficient (Wildman–Crippen LogP) is 1.04. The van der Waals surface area contributed by atoms with Gasteiger partial charge in [-0.3, -0.25) is 0 Å². The fourth-order valence-electron chi connectivity index (χ4n) is 1.20. The van der Waals surface area contributed by atoms with Crippen molar-refractivity contribution in [2.24, 2.45) is 0 Å². The van der Waals surface area contributed by atoms with Crippen molar-refractivity contribution in [3.05, 3.63) is 0 Å². The quantitative estimate of drug-likeness (QED) is 0.342. The first-order valence-corrected chi connectivity index (χ1v) is 6.89. The van der Waals surface area contributed by atoms with Crippen molar-refractivity contribution in [2.75, 3.05) is 13.7 Å². The summed E-state index contributed by atoms with van der Waals surface area (Å²) >= 11 is 4.41. The molecule has 2 N–H and O–H groups in total. The van der Waals surface area contributed by atoms with Crippen LogP contribution < -0.4 is 0 Å². The van der Waals surface area contributed by atoms with Crippen LogP contribution in [-0.4, -0.2) is 49.4 Å². The molecule has 0 aromatic carbocycles. The number of hydrogen-bond acceptors (Lipinski definition) is 4. The van der Waals surface area contributed by atoms with Gasteiger partial charge in [-0.2, -0.15) is 12.6 Å². The van der Waals surface area contributed by atoms with E-state index in [1.165, 1.54) is 20.0 Å². The highest BCUT2D eigenvalue weighted by molar-refractivity contribution is 7.82. The molecule has 0 bridgehead atoms. The molecule has 0 spiro atoms. The molecule has 3 nitrogen and oxygen atoms in total. The molecular weight excluding hydrogens is 228 g/mol. The van der Waals surface area contributed by atoms with E-state index in [2.05, 4.69) is 19.6 Å². The standard InChI is InChI=1S/C10H21O3SSi/c1-3-4-5-6-9(14)15-10(12)8(7-11)13-2/h8-9,11-12,14H,3-7H2,1-2H3. The van der Waals surface area contributed by atoms with Gasteiger partial charge in [0.25, 0.3) is 0 Å². The Morgan fingerprint density at radius 2 is 2.13 bits per heavy atom. The maximum atomic E-state index is 9.63. The molecule has 89 valence electrons. The fourth-order valence-corrected chi connectivity index (χ4v) is 2.86.